The molecular formula is C6H6IN3. The lowest BCUT2D eigenvalue weighted by atomic mass is 10.7. The maximum Gasteiger partial charge on any atom is 0.190 e. The van der Waals surface area contributed by atoms with E-state index in [1.54, 1.807) is 24.8 Å². The zero-order chi connectivity index (χ0) is 7.23. The summed E-state index contributed by atoms with van der Waals surface area (Å²) in [5.41, 5.74) is 0. The number of nitrogens with zero attached hydrogens (tertiary/aromatic N) is 2. The zero-order valence-electron chi connectivity index (χ0n) is 5.16. The number of aromatic amines is 1. The monoisotopic (exact) mass is 247 g/mol. The number of nitrogens with one attached hydrogen (secondary N) is 1. The van der Waals surface area contributed by atoms with Crippen LogP contribution in [0.3, 0.4) is 0 Å². The third-order valence-electron chi connectivity index (χ3n) is 0.811. The fourth-order valence-electron chi connectivity index (χ4n) is 0.434. The summed E-state index contributed by atoms with van der Waals surface area (Å²) >= 11 is 2.06. The lowest BCUT2D eigenvalue weighted by molar-refractivity contribution is 1.14. The van der Waals surface area contributed by atoms with Crippen LogP contribution in [0.4, 0.5) is 0 Å². The predicted octanol–water partition coefficient (Wildman–Crippen LogP) is 1.53. The van der Waals surface area contributed by atoms with Gasteiger partial charge in [-0.15, -0.1) is 0 Å². The first-order valence-corrected chi connectivity index (χ1v) is 3.81. The van der Waals surface area contributed by atoms with Crippen molar-refractivity contribution in [1.82, 2.24) is 15.0 Å². The Kier molecular flexibility index (Phi) is 3.14. The molecule has 52 valence electrons. The number of aromatic nitrogens is 3. The minimum Gasteiger partial charge on any atom is -0.366 e. The largest absolute Gasteiger partial charge is 0.366 e. The quantitative estimate of drug-likeness (QED) is 0.706. The van der Waals surface area contributed by atoms with Gasteiger partial charge in [0.05, 0.1) is 0 Å². The smallest absolute Gasteiger partial charge is 0.190 e. The Morgan fingerprint density at radius 1 is 1.20 bits per heavy atom. The first kappa shape index (κ1) is 7.46. The molecule has 0 aromatic carbocycles. The normalized spacial score (nSPS) is 8.50. The molecule has 0 aliphatic carbocycles. The van der Waals surface area contributed by atoms with Gasteiger partial charge >= 0.3 is 0 Å². The molecule has 1 N–H and O–H groups in total. The van der Waals surface area contributed by atoms with Crippen molar-refractivity contribution >= 4 is 22.6 Å². The summed E-state index contributed by atoms with van der Waals surface area (Å²) < 4.78 is 0.724. The third kappa shape index (κ3) is 2.77. The van der Waals surface area contributed by atoms with Gasteiger partial charge in [0.2, 0.25) is 0 Å². The van der Waals surface area contributed by atoms with Crippen LogP contribution >= 0.6 is 22.6 Å². The van der Waals surface area contributed by atoms with Crippen LogP contribution in [0, 0.1) is 3.83 Å². The van der Waals surface area contributed by atoms with Gasteiger partial charge in [-0.05, 0) is 6.07 Å². The second-order valence-corrected chi connectivity index (χ2v) is 2.48. The van der Waals surface area contributed by atoms with E-state index in [0.29, 0.717) is 0 Å². The third-order valence-corrected chi connectivity index (χ3v) is 1.37. The van der Waals surface area contributed by atoms with Crippen LogP contribution in [0.15, 0.2) is 30.9 Å². The molecule has 1 rings (SSSR count). The van der Waals surface area contributed by atoms with E-state index in [2.05, 4.69) is 37.5 Å². The van der Waals surface area contributed by atoms with Gasteiger partial charge in [0, 0.05) is 47.4 Å². The van der Waals surface area contributed by atoms with E-state index in [-0.39, 0.29) is 0 Å². The van der Waals surface area contributed by atoms with E-state index in [1.807, 2.05) is 6.07 Å². The highest BCUT2D eigenvalue weighted by Crippen LogP contribution is 1.87. The molecule has 0 unspecified atom stereocenters. The molecule has 0 aliphatic heterocycles. The minimum absolute atomic E-state index is 0.724. The topological polar surface area (TPSA) is 41.6 Å². The van der Waals surface area contributed by atoms with Crippen LogP contribution in [-0.2, 0) is 0 Å². The number of hydrogen-bond donors (Lipinski definition) is 1. The molecule has 0 fully saturated rings. The Balaban J connectivity index is 3.13. The molecule has 1 aromatic rings. The highest BCUT2D eigenvalue weighted by Gasteiger charge is 1.74. The highest BCUT2D eigenvalue weighted by molar-refractivity contribution is 14.1. The van der Waals surface area contributed by atoms with Crippen molar-refractivity contribution in [1.29, 1.82) is 0 Å². The van der Waals surface area contributed by atoms with Gasteiger partial charge < -0.3 is 4.98 Å². The fourth-order valence-corrected chi connectivity index (χ4v) is 0.755. The molecule has 0 atom stereocenters. The lowest BCUT2D eigenvalue weighted by Gasteiger charge is -1.73. The van der Waals surface area contributed by atoms with Crippen molar-refractivity contribution in [3.05, 3.63) is 34.7 Å². The predicted molar refractivity (Wildman–Crippen MR) is 46.7 cm³/mol. The van der Waals surface area contributed by atoms with E-state index in [9.17, 15) is 0 Å². The van der Waals surface area contributed by atoms with Gasteiger partial charge in [0.1, 0.15) is 0 Å². The molecule has 0 amide bonds. The second-order valence-electron chi connectivity index (χ2n) is 1.52. The van der Waals surface area contributed by atoms with E-state index in [1.165, 1.54) is 0 Å². The molecule has 0 saturated carbocycles. The molecular weight excluding hydrogens is 241 g/mol. The van der Waals surface area contributed by atoms with E-state index < -0.39 is 0 Å². The van der Waals surface area contributed by atoms with Gasteiger partial charge in [-0.1, -0.05) is 0 Å². The standard InChI is InChI=1S/C6H6IN3/c7-6-9-3-1-2-8-4-5-10-6/h1-5,8H. The molecule has 4 heteroatoms. The van der Waals surface area contributed by atoms with Crippen LogP contribution in [0.5, 0.6) is 0 Å². The van der Waals surface area contributed by atoms with Crippen molar-refractivity contribution < 1.29 is 0 Å². The Labute approximate surface area is 72.4 Å². The molecule has 0 radical (unpaired) electrons. The van der Waals surface area contributed by atoms with Crippen LogP contribution < -0.4 is 0 Å². The maximum absolute atomic E-state index is 3.98. The van der Waals surface area contributed by atoms with Crippen molar-refractivity contribution in [3.63, 3.8) is 0 Å². The Morgan fingerprint density at radius 3 is 2.90 bits per heavy atom. The van der Waals surface area contributed by atoms with Gasteiger partial charge in [-0.3, -0.25) is 0 Å². The average molecular weight is 247 g/mol. The van der Waals surface area contributed by atoms with E-state index >= 15 is 0 Å². The molecule has 10 heavy (non-hydrogen) atoms. The molecule has 0 bridgehead atoms. The minimum atomic E-state index is 0.724. The van der Waals surface area contributed by atoms with Crippen molar-refractivity contribution in [3.8, 4) is 0 Å². The summed E-state index contributed by atoms with van der Waals surface area (Å²) in [6.45, 7) is 0. The Hall–Kier alpha value is -0.650. The fraction of sp³-hybridized carbons (Fsp3) is 0. The number of halogens is 1. The number of H-pyrrole nitrogens is 1. The van der Waals surface area contributed by atoms with Gasteiger partial charge in [-0.2, -0.15) is 0 Å². The van der Waals surface area contributed by atoms with Crippen molar-refractivity contribution in [2.75, 3.05) is 0 Å². The average Bonchev–Trinajstić information content (AvgIpc) is 2.02. The molecule has 1 aromatic heterocycles. The molecule has 3 nitrogen and oxygen atoms in total. The summed E-state index contributed by atoms with van der Waals surface area (Å²) in [7, 11) is 0. The molecule has 1 heterocycles. The van der Waals surface area contributed by atoms with Crippen LogP contribution in [-0.4, -0.2) is 15.0 Å². The first-order chi connectivity index (χ1) is 4.89. The summed E-state index contributed by atoms with van der Waals surface area (Å²) in [4.78, 5) is 10.8. The highest BCUT2D eigenvalue weighted by atomic mass is 127. The van der Waals surface area contributed by atoms with Crippen LogP contribution in [0.1, 0.15) is 0 Å². The summed E-state index contributed by atoms with van der Waals surface area (Å²) in [6.07, 6.45) is 6.87. The first-order valence-electron chi connectivity index (χ1n) is 2.73. The van der Waals surface area contributed by atoms with Gasteiger partial charge in [0.15, 0.2) is 3.83 Å². The number of hydrogen-bond acceptors (Lipinski definition) is 2. The Morgan fingerprint density at radius 2 is 2.00 bits per heavy atom. The SMILES string of the molecule is Ic1nccc[nH]ccn1. The zero-order valence-corrected chi connectivity index (χ0v) is 7.32. The second kappa shape index (κ2) is 4.21. The van der Waals surface area contributed by atoms with E-state index in [4.69, 9.17) is 0 Å². The molecule has 0 aliphatic rings. The van der Waals surface area contributed by atoms with Crippen molar-refractivity contribution in [2.24, 2.45) is 0 Å². The number of rotatable bonds is 0. The molecule has 0 saturated heterocycles. The Bertz CT molecular complexity index is 220. The van der Waals surface area contributed by atoms with Crippen LogP contribution in [0.2, 0.25) is 0 Å². The van der Waals surface area contributed by atoms with E-state index in [0.717, 1.165) is 3.83 Å². The van der Waals surface area contributed by atoms with Gasteiger partial charge in [0.25, 0.3) is 0 Å². The van der Waals surface area contributed by atoms with Crippen molar-refractivity contribution in [2.45, 2.75) is 0 Å². The van der Waals surface area contributed by atoms with Crippen LogP contribution in [0.25, 0.3) is 0 Å². The molecule has 0 spiro atoms. The maximum atomic E-state index is 3.98. The van der Waals surface area contributed by atoms with Gasteiger partial charge in [-0.25, -0.2) is 9.97 Å². The summed E-state index contributed by atoms with van der Waals surface area (Å²) in [5, 5.41) is 0. The summed E-state index contributed by atoms with van der Waals surface area (Å²) in [6, 6.07) is 1.81. The summed E-state index contributed by atoms with van der Waals surface area (Å²) in [5.74, 6) is 0. The lowest BCUT2D eigenvalue weighted by Crippen LogP contribution is -1.75.